The Morgan fingerprint density at radius 1 is 1.22 bits per heavy atom. The summed E-state index contributed by atoms with van der Waals surface area (Å²) < 4.78 is 5.80. The molecule has 0 aliphatic heterocycles. The van der Waals surface area contributed by atoms with Crippen molar-refractivity contribution in [2.24, 2.45) is 0 Å². The topological polar surface area (TPSA) is 58.4 Å². The van der Waals surface area contributed by atoms with Crippen LogP contribution in [0.4, 0.5) is 5.69 Å². The minimum atomic E-state index is 0.0733. The van der Waals surface area contributed by atoms with Crippen molar-refractivity contribution in [2.75, 3.05) is 11.9 Å². The Morgan fingerprint density at radius 2 is 2.04 bits per heavy atom. The maximum absolute atomic E-state index is 11.6. The first-order valence-corrected chi connectivity index (χ1v) is 9.22. The lowest BCUT2D eigenvalue weighted by Gasteiger charge is -2.19. The lowest BCUT2D eigenvalue weighted by atomic mass is 10.2. The third-order valence-electron chi connectivity index (χ3n) is 4.23. The van der Waals surface area contributed by atoms with E-state index in [0.717, 1.165) is 16.8 Å². The molecule has 1 amide bonds. The lowest BCUT2D eigenvalue weighted by Crippen LogP contribution is -2.27. The average molecular weight is 384 g/mol. The first kappa shape index (κ1) is 19.0. The largest absolute Gasteiger partial charge is 0.439 e. The van der Waals surface area contributed by atoms with E-state index in [1.54, 1.807) is 18.0 Å². The molecule has 0 bridgehead atoms. The molecule has 0 radical (unpaired) electrons. The molecule has 0 fully saturated rings. The molecule has 1 N–H and O–H groups in total. The van der Waals surface area contributed by atoms with E-state index in [-0.39, 0.29) is 5.91 Å². The predicted molar refractivity (Wildman–Crippen MR) is 107 cm³/mol. The van der Waals surface area contributed by atoms with E-state index in [1.165, 1.54) is 0 Å². The van der Waals surface area contributed by atoms with Gasteiger partial charge in [-0.3, -0.25) is 4.79 Å². The van der Waals surface area contributed by atoms with Crippen molar-refractivity contribution in [2.45, 2.75) is 26.9 Å². The molecule has 27 heavy (non-hydrogen) atoms. The monoisotopic (exact) mass is 383 g/mol. The van der Waals surface area contributed by atoms with Crippen LogP contribution in [0.15, 0.2) is 59.1 Å². The van der Waals surface area contributed by atoms with Crippen LogP contribution in [0.5, 0.6) is 0 Å². The Hall–Kier alpha value is -2.79. The van der Waals surface area contributed by atoms with Crippen molar-refractivity contribution in [1.29, 1.82) is 0 Å². The number of carbonyl (C=O) groups excluding carboxylic acids is 1. The molecule has 0 saturated heterocycles. The second-order valence-electron chi connectivity index (χ2n) is 6.22. The second-order valence-corrected chi connectivity index (χ2v) is 6.65. The molecule has 1 heterocycles. The van der Waals surface area contributed by atoms with Crippen LogP contribution < -0.4 is 5.32 Å². The van der Waals surface area contributed by atoms with Crippen LogP contribution in [0, 0.1) is 0 Å². The highest BCUT2D eigenvalue weighted by molar-refractivity contribution is 6.30. The molecule has 0 unspecified atom stereocenters. The van der Waals surface area contributed by atoms with Crippen molar-refractivity contribution >= 4 is 23.2 Å². The Bertz CT molecular complexity index is 923. The van der Waals surface area contributed by atoms with Crippen LogP contribution in [0.3, 0.4) is 0 Å². The number of carbonyl (C=O) groups is 1. The smallest absolute Gasteiger partial charge is 0.219 e. The molecular formula is C21H22ClN3O2. The van der Waals surface area contributed by atoms with E-state index in [4.69, 9.17) is 16.0 Å². The third-order valence-corrected chi connectivity index (χ3v) is 4.47. The van der Waals surface area contributed by atoms with Crippen molar-refractivity contribution in [1.82, 2.24) is 9.88 Å². The summed E-state index contributed by atoms with van der Waals surface area (Å²) in [4.78, 5) is 17.7. The average Bonchev–Trinajstić information content (AvgIpc) is 3.14. The van der Waals surface area contributed by atoms with Gasteiger partial charge in [0.05, 0.1) is 12.7 Å². The van der Waals surface area contributed by atoms with E-state index in [0.29, 0.717) is 36.3 Å². The number of nitrogens with one attached hydrogen (secondary N) is 1. The molecule has 0 atom stereocenters. The van der Waals surface area contributed by atoms with Gasteiger partial charge in [-0.15, -0.1) is 0 Å². The normalized spacial score (nSPS) is 10.6. The van der Waals surface area contributed by atoms with Gasteiger partial charge in [-0.05, 0) is 36.8 Å². The Labute approximate surface area is 164 Å². The Balaban J connectivity index is 1.64. The summed E-state index contributed by atoms with van der Waals surface area (Å²) >= 11 is 6.02. The van der Waals surface area contributed by atoms with Crippen LogP contribution in [0.2, 0.25) is 5.02 Å². The van der Waals surface area contributed by atoms with Gasteiger partial charge < -0.3 is 14.6 Å². The standard InChI is InChI=1S/C21H22ClN3O2/c1-3-25(15(2)26)14-16-6-4-9-19(10-16)23-13-21-24-12-20(27-21)17-7-5-8-18(22)11-17/h4-12,23H,3,13-14H2,1-2H3. The van der Waals surface area contributed by atoms with Crippen LogP contribution in [-0.4, -0.2) is 22.3 Å². The molecule has 6 heteroatoms. The van der Waals surface area contributed by atoms with Gasteiger partial charge in [0.15, 0.2) is 5.76 Å². The van der Waals surface area contributed by atoms with Gasteiger partial charge in [0.2, 0.25) is 11.8 Å². The molecule has 1 aromatic heterocycles. The van der Waals surface area contributed by atoms with Crippen molar-refractivity contribution in [3.63, 3.8) is 0 Å². The van der Waals surface area contributed by atoms with Crippen LogP contribution in [0.1, 0.15) is 25.3 Å². The minimum Gasteiger partial charge on any atom is -0.439 e. The number of oxazole rings is 1. The lowest BCUT2D eigenvalue weighted by molar-refractivity contribution is -0.129. The Morgan fingerprint density at radius 3 is 2.78 bits per heavy atom. The summed E-state index contributed by atoms with van der Waals surface area (Å²) in [5.41, 5.74) is 2.92. The van der Waals surface area contributed by atoms with E-state index < -0.39 is 0 Å². The van der Waals surface area contributed by atoms with Crippen molar-refractivity contribution < 1.29 is 9.21 Å². The van der Waals surface area contributed by atoms with Gasteiger partial charge in [-0.25, -0.2) is 4.98 Å². The zero-order valence-electron chi connectivity index (χ0n) is 15.4. The summed E-state index contributed by atoms with van der Waals surface area (Å²) in [5.74, 6) is 1.35. The highest BCUT2D eigenvalue weighted by Crippen LogP contribution is 2.24. The summed E-state index contributed by atoms with van der Waals surface area (Å²) in [5, 5.41) is 3.97. The fourth-order valence-corrected chi connectivity index (χ4v) is 2.98. The van der Waals surface area contributed by atoms with E-state index in [9.17, 15) is 4.79 Å². The summed E-state index contributed by atoms with van der Waals surface area (Å²) in [6.45, 7) is 5.32. The number of benzene rings is 2. The number of rotatable bonds is 7. The first-order valence-electron chi connectivity index (χ1n) is 8.84. The summed E-state index contributed by atoms with van der Waals surface area (Å²) in [7, 11) is 0. The molecule has 2 aromatic carbocycles. The first-order chi connectivity index (χ1) is 13.0. The zero-order valence-corrected chi connectivity index (χ0v) is 16.2. The number of halogens is 1. The van der Waals surface area contributed by atoms with Gasteiger partial charge in [0.1, 0.15) is 0 Å². The molecule has 0 spiro atoms. The third kappa shape index (κ3) is 5.11. The second kappa shape index (κ2) is 8.73. The number of hydrogen-bond acceptors (Lipinski definition) is 4. The van der Waals surface area contributed by atoms with Crippen LogP contribution in [0.25, 0.3) is 11.3 Å². The van der Waals surface area contributed by atoms with E-state index in [2.05, 4.69) is 10.3 Å². The van der Waals surface area contributed by atoms with Gasteiger partial charge in [0, 0.05) is 36.3 Å². The van der Waals surface area contributed by atoms with Gasteiger partial charge >= 0.3 is 0 Å². The molecular weight excluding hydrogens is 362 g/mol. The quantitative estimate of drug-likeness (QED) is 0.625. The number of aromatic nitrogens is 1. The summed E-state index contributed by atoms with van der Waals surface area (Å²) in [6, 6.07) is 15.5. The maximum Gasteiger partial charge on any atom is 0.219 e. The molecule has 3 aromatic rings. The van der Waals surface area contributed by atoms with Gasteiger partial charge in [0.25, 0.3) is 0 Å². The molecule has 140 valence electrons. The number of nitrogens with zero attached hydrogens (tertiary/aromatic N) is 2. The molecule has 0 aliphatic carbocycles. The highest BCUT2D eigenvalue weighted by atomic mass is 35.5. The molecule has 5 nitrogen and oxygen atoms in total. The van der Waals surface area contributed by atoms with Crippen LogP contribution >= 0.6 is 11.6 Å². The van der Waals surface area contributed by atoms with E-state index >= 15 is 0 Å². The number of anilines is 1. The highest BCUT2D eigenvalue weighted by Gasteiger charge is 2.09. The Kier molecular flexibility index (Phi) is 6.14. The SMILES string of the molecule is CCN(Cc1cccc(NCc2ncc(-c3cccc(Cl)c3)o2)c1)C(C)=O. The summed E-state index contributed by atoms with van der Waals surface area (Å²) in [6.07, 6.45) is 1.70. The number of amides is 1. The zero-order chi connectivity index (χ0) is 19.2. The minimum absolute atomic E-state index is 0.0733. The fraction of sp³-hybridized carbons (Fsp3) is 0.238. The molecule has 3 rings (SSSR count). The fourth-order valence-electron chi connectivity index (χ4n) is 2.79. The van der Waals surface area contributed by atoms with Crippen LogP contribution in [-0.2, 0) is 17.9 Å². The van der Waals surface area contributed by atoms with E-state index in [1.807, 2.05) is 55.5 Å². The van der Waals surface area contributed by atoms with Gasteiger partial charge in [-0.1, -0.05) is 35.9 Å². The molecule has 0 saturated carbocycles. The van der Waals surface area contributed by atoms with Gasteiger partial charge in [-0.2, -0.15) is 0 Å². The van der Waals surface area contributed by atoms with Crippen molar-refractivity contribution in [3.8, 4) is 11.3 Å². The molecule has 0 aliphatic rings. The van der Waals surface area contributed by atoms with Crippen molar-refractivity contribution in [3.05, 3.63) is 71.2 Å². The number of hydrogen-bond donors (Lipinski definition) is 1. The predicted octanol–water partition coefficient (Wildman–Crippen LogP) is 4.98. The maximum atomic E-state index is 11.6.